The molecule has 0 radical (unpaired) electrons. The van der Waals surface area contributed by atoms with Crippen molar-refractivity contribution in [2.45, 2.75) is 84.5 Å². The number of aromatic nitrogens is 2. The van der Waals surface area contributed by atoms with Gasteiger partial charge in [-0.1, -0.05) is 44.9 Å². The van der Waals surface area contributed by atoms with Gasteiger partial charge in [-0.15, -0.1) is 0 Å². The maximum atomic E-state index is 6.97. The SMILES string of the molecule is CCC1(CC)CCC(c2cc3c4c([n+](C)cnc4c2)-c2c(c4c5c(cccc5c2C)CCC4)O3)CC1. The third-order valence-electron chi connectivity index (χ3n) is 10.1. The smallest absolute Gasteiger partial charge is 0.287 e. The minimum atomic E-state index is 0.551. The molecule has 1 aromatic heterocycles. The number of fused-ring (bicyclic) bond motifs is 3. The zero-order valence-electron chi connectivity index (χ0n) is 22.2. The molecule has 3 aliphatic rings. The zero-order valence-corrected chi connectivity index (χ0v) is 22.2. The minimum absolute atomic E-state index is 0.551. The lowest BCUT2D eigenvalue weighted by Gasteiger charge is -2.39. The number of hydrogen-bond donors (Lipinski definition) is 0. The molecule has 1 saturated carbocycles. The van der Waals surface area contributed by atoms with Gasteiger partial charge >= 0.3 is 0 Å². The number of rotatable bonds is 3. The summed E-state index contributed by atoms with van der Waals surface area (Å²) in [7, 11) is 2.14. The van der Waals surface area contributed by atoms with Gasteiger partial charge in [0, 0.05) is 5.56 Å². The van der Waals surface area contributed by atoms with Crippen LogP contribution >= 0.6 is 0 Å². The van der Waals surface area contributed by atoms with Crippen molar-refractivity contribution in [2.75, 3.05) is 0 Å². The highest BCUT2D eigenvalue weighted by molar-refractivity contribution is 6.06. The van der Waals surface area contributed by atoms with Crippen LogP contribution in [-0.2, 0) is 19.9 Å². The van der Waals surface area contributed by atoms with Gasteiger partial charge in [-0.3, -0.25) is 0 Å². The molecule has 0 amide bonds. The van der Waals surface area contributed by atoms with Crippen LogP contribution in [0.2, 0.25) is 0 Å². The Hall–Kier alpha value is -2.94. The fraction of sp³-hybridized carbons (Fsp3) is 0.455. The van der Waals surface area contributed by atoms with E-state index < -0.39 is 0 Å². The highest BCUT2D eigenvalue weighted by Gasteiger charge is 2.36. The van der Waals surface area contributed by atoms with E-state index in [2.05, 4.69) is 62.7 Å². The molecule has 0 saturated heterocycles. The Labute approximate surface area is 214 Å². The van der Waals surface area contributed by atoms with Crippen LogP contribution in [0.15, 0.2) is 36.7 Å². The van der Waals surface area contributed by atoms with Gasteiger partial charge in [-0.25, -0.2) is 4.57 Å². The van der Waals surface area contributed by atoms with Crippen LogP contribution in [0, 0.1) is 12.3 Å². The van der Waals surface area contributed by atoms with Crippen molar-refractivity contribution in [2.24, 2.45) is 12.5 Å². The molecular weight excluding hydrogens is 440 g/mol. The van der Waals surface area contributed by atoms with E-state index in [9.17, 15) is 0 Å². The minimum Gasteiger partial charge on any atom is -0.455 e. The summed E-state index contributed by atoms with van der Waals surface area (Å²) < 4.78 is 9.18. The Morgan fingerprint density at radius 1 is 1.06 bits per heavy atom. The molecule has 3 aromatic carbocycles. The van der Waals surface area contributed by atoms with Gasteiger partial charge in [0.1, 0.15) is 16.9 Å². The molecule has 0 spiro atoms. The number of ether oxygens (including phenoxy) is 1. The Bertz CT molecular complexity index is 1540. The molecule has 2 aliphatic carbocycles. The Morgan fingerprint density at radius 3 is 2.64 bits per heavy atom. The van der Waals surface area contributed by atoms with E-state index in [-0.39, 0.29) is 0 Å². The summed E-state index contributed by atoms with van der Waals surface area (Å²) in [6, 6.07) is 11.6. The zero-order chi connectivity index (χ0) is 24.6. The molecule has 3 nitrogen and oxygen atoms in total. The Morgan fingerprint density at radius 2 is 1.86 bits per heavy atom. The van der Waals surface area contributed by atoms with Gasteiger partial charge in [0.2, 0.25) is 0 Å². The second-order valence-electron chi connectivity index (χ2n) is 11.7. The average molecular weight is 478 g/mol. The van der Waals surface area contributed by atoms with E-state index >= 15 is 0 Å². The molecule has 1 fully saturated rings. The van der Waals surface area contributed by atoms with Crippen molar-refractivity contribution < 1.29 is 9.30 Å². The van der Waals surface area contributed by atoms with E-state index in [0.29, 0.717) is 11.3 Å². The van der Waals surface area contributed by atoms with Gasteiger partial charge in [0.25, 0.3) is 6.33 Å². The van der Waals surface area contributed by atoms with Crippen LogP contribution in [0.5, 0.6) is 11.5 Å². The molecule has 1 aliphatic heterocycles. The summed E-state index contributed by atoms with van der Waals surface area (Å²) >= 11 is 0. The number of nitrogens with zero attached hydrogens (tertiary/aromatic N) is 2. The van der Waals surface area contributed by atoms with Gasteiger partial charge in [0.15, 0.2) is 11.2 Å². The first-order chi connectivity index (χ1) is 17.5. The maximum Gasteiger partial charge on any atom is 0.287 e. The highest BCUT2D eigenvalue weighted by Crippen LogP contribution is 2.53. The quantitative estimate of drug-likeness (QED) is 0.245. The van der Waals surface area contributed by atoms with Crippen LogP contribution in [0.4, 0.5) is 0 Å². The first kappa shape index (κ1) is 22.3. The molecule has 0 N–H and O–H groups in total. The first-order valence-electron chi connectivity index (χ1n) is 14.1. The van der Waals surface area contributed by atoms with Crippen molar-refractivity contribution in [3.05, 3.63) is 58.9 Å². The molecule has 3 heteroatoms. The van der Waals surface area contributed by atoms with Crippen molar-refractivity contribution >= 4 is 21.7 Å². The number of hydrogen-bond acceptors (Lipinski definition) is 2. The maximum absolute atomic E-state index is 6.97. The summed E-state index contributed by atoms with van der Waals surface area (Å²) in [6.45, 7) is 7.04. The molecule has 184 valence electrons. The van der Waals surface area contributed by atoms with Crippen LogP contribution < -0.4 is 9.30 Å². The van der Waals surface area contributed by atoms with Gasteiger partial charge in [-0.05, 0) is 108 Å². The summed E-state index contributed by atoms with van der Waals surface area (Å²) in [4.78, 5) is 4.92. The summed E-state index contributed by atoms with van der Waals surface area (Å²) in [5.41, 5.74) is 9.77. The van der Waals surface area contributed by atoms with E-state index in [1.807, 2.05) is 6.33 Å². The van der Waals surface area contributed by atoms with Crippen molar-refractivity contribution in [1.29, 1.82) is 0 Å². The van der Waals surface area contributed by atoms with Crippen LogP contribution in [0.1, 0.15) is 87.0 Å². The van der Waals surface area contributed by atoms with E-state index in [4.69, 9.17) is 9.72 Å². The van der Waals surface area contributed by atoms with Gasteiger partial charge in [0.05, 0.1) is 12.6 Å². The van der Waals surface area contributed by atoms with E-state index in [1.54, 1.807) is 0 Å². The Balaban J connectivity index is 1.43. The van der Waals surface area contributed by atoms with Gasteiger partial charge in [-0.2, -0.15) is 0 Å². The molecule has 0 atom stereocenters. The average Bonchev–Trinajstić information content (AvgIpc) is 2.92. The second-order valence-corrected chi connectivity index (χ2v) is 11.7. The molecule has 7 rings (SSSR count). The first-order valence-corrected chi connectivity index (χ1v) is 14.1. The summed E-state index contributed by atoms with van der Waals surface area (Å²) in [6.07, 6.45) is 13.3. The molecule has 36 heavy (non-hydrogen) atoms. The predicted molar refractivity (Wildman–Crippen MR) is 147 cm³/mol. The lowest BCUT2D eigenvalue weighted by molar-refractivity contribution is -0.662. The van der Waals surface area contributed by atoms with Crippen molar-refractivity contribution in [3.8, 4) is 22.8 Å². The lowest BCUT2D eigenvalue weighted by Crippen LogP contribution is -2.33. The van der Waals surface area contributed by atoms with Crippen LogP contribution in [0.3, 0.4) is 0 Å². The topological polar surface area (TPSA) is 26.0 Å². The summed E-state index contributed by atoms with van der Waals surface area (Å²) in [5, 5.41) is 3.99. The van der Waals surface area contributed by atoms with Crippen molar-refractivity contribution in [3.63, 3.8) is 0 Å². The predicted octanol–water partition coefficient (Wildman–Crippen LogP) is 8.25. The number of aryl methyl sites for hydroxylation is 4. The standard InChI is InChI=1S/C33H37N2O/c1-5-33(6-2)15-13-21(14-16-33)23-17-26-30-27(18-23)36-32-25-12-8-10-22-9-7-11-24(29(22)25)20(3)28(32)31(30)35(4)19-34-26/h7,9,11,17-19,21H,5-6,8,10,12-16H2,1-4H3/q+1. The molecule has 0 unspecified atom stereocenters. The largest absolute Gasteiger partial charge is 0.455 e. The molecule has 2 heterocycles. The molecular formula is C33H37N2O+. The van der Waals surface area contributed by atoms with Crippen LogP contribution in [0.25, 0.3) is 32.9 Å². The van der Waals surface area contributed by atoms with Crippen molar-refractivity contribution in [1.82, 2.24) is 4.98 Å². The number of benzene rings is 3. The van der Waals surface area contributed by atoms with Crippen LogP contribution in [-0.4, -0.2) is 4.98 Å². The Kier molecular flexibility index (Phi) is 4.97. The third kappa shape index (κ3) is 3.04. The fourth-order valence-corrected chi connectivity index (χ4v) is 7.73. The summed E-state index contributed by atoms with van der Waals surface area (Å²) in [5.74, 6) is 2.71. The lowest BCUT2D eigenvalue weighted by atomic mass is 9.66. The van der Waals surface area contributed by atoms with E-state index in [1.165, 1.54) is 94.6 Å². The molecule has 0 bridgehead atoms. The van der Waals surface area contributed by atoms with E-state index in [0.717, 1.165) is 29.9 Å². The monoisotopic (exact) mass is 477 g/mol. The highest BCUT2D eigenvalue weighted by atomic mass is 16.5. The van der Waals surface area contributed by atoms with Gasteiger partial charge < -0.3 is 4.74 Å². The normalized spacial score (nSPS) is 18.3. The molecule has 4 aromatic rings. The fourth-order valence-electron chi connectivity index (χ4n) is 7.73. The second kappa shape index (κ2) is 8.03. The third-order valence-corrected chi connectivity index (χ3v) is 10.1.